The third kappa shape index (κ3) is 5.36. The smallest absolute Gasteiger partial charge is 0.456 e. The van der Waals surface area contributed by atoms with Crippen molar-refractivity contribution in [3.05, 3.63) is 0 Å². The zero-order valence-corrected chi connectivity index (χ0v) is 12.4. The molecule has 8 nitrogen and oxygen atoms in total. The average molecular weight is 344 g/mol. The number of alkyl halides is 3. The van der Waals surface area contributed by atoms with Crippen molar-refractivity contribution >= 4 is 17.9 Å². The Kier molecular flexibility index (Phi) is 6.33. The van der Waals surface area contributed by atoms with Gasteiger partial charge in [0.2, 0.25) is 0 Å². The summed E-state index contributed by atoms with van der Waals surface area (Å²) >= 11 is 0. The molecule has 0 aromatic heterocycles. The van der Waals surface area contributed by atoms with E-state index in [0.717, 1.165) is 21.0 Å². The third-order valence-electron chi connectivity index (χ3n) is 2.71. The fourth-order valence-electron chi connectivity index (χ4n) is 1.91. The van der Waals surface area contributed by atoms with Crippen molar-refractivity contribution in [1.82, 2.24) is 0 Å². The predicted molar refractivity (Wildman–Crippen MR) is 63.8 cm³/mol. The highest BCUT2D eigenvalue weighted by Crippen LogP contribution is 2.27. The minimum Gasteiger partial charge on any atom is -0.456 e. The summed E-state index contributed by atoms with van der Waals surface area (Å²) in [6.45, 7) is 1.71. The van der Waals surface area contributed by atoms with Crippen LogP contribution in [-0.4, -0.2) is 62.4 Å². The molecule has 0 N–H and O–H groups in total. The molecule has 1 heterocycles. The van der Waals surface area contributed by atoms with Crippen LogP contribution in [0.3, 0.4) is 0 Å². The number of halogens is 3. The third-order valence-corrected chi connectivity index (χ3v) is 2.71. The molecule has 1 aliphatic rings. The van der Waals surface area contributed by atoms with Gasteiger partial charge in [0.15, 0.2) is 24.6 Å². The highest BCUT2D eigenvalue weighted by Gasteiger charge is 2.51. The van der Waals surface area contributed by atoms with Crippen molar-refractivity contribution in [1.29, 1.82) is 0 Å². The highest BCUT2D eigenvalue weighted by atomic mass is 19.4. The van der Waals surface area contributed by atoms with E-state index in [1.54, 1.807) is 0 Å². The summed E-state index contributed by atoms with van der Waals surface area (Å²) in [6, 6.07) is 0. The summed E-state index contributed by atoms with van der Waals surface area (Å²) in [4.78, 5) is 33.3. The lowest BCUT2D eigenvalue weighted by Crippen LogP contribution is -2.58. The van der Waals surface area contributed by atoms with Crippen molar-refractivity contribution in [2.45, 2.75) is 44.6 Å². The van der Waals surface area contributed by atoms with E-state index in [4.69, 9.17) is 18.9 Å². The lowest BCUT2D eigenvalue weighted by molar-refractivity contribution is -0.284. The molecular formula is C12H15F3O8. The van der Waals surface area contributed by atoms with Crippen LogP contribution in [0.15, 0.2) is 0 Å². The van der Waals surface area contributed by atoms with Gasteiger partial charge in [0.25, 0.3) is 0 Å². The summed E-state index contributed by atoms with van der Waals surface area (Å²) in [5, 5.41) is 0. The second-order valence-corrected chi connectivity index (χ2v) is 4.53. The van der Waals surface area contributed by atoms with Gasteiger partial charge < -0.3 is 23.7 Å². The fraction of sp³-hybridized carbons (Fsp3) is 0.750. The Labute approximate surface area is 128 Å². The Balaban J connectivity index is 3.05. The van der Waals surface area contributed by atoms with Gasteiger partial charge in [-0.05, 0) is 0 Å². The Morgan fingerprint density at radius 3 is 2.00 bits per heavy atom. The van der Waals surface area contributed by atoms with Crippen LogP contribution in [0.25, 0.3) is 0 Å². The number of carbonyl (C=O) groups excluding carboxylic acids is 3. The molecule has 0 radical (unpaired) electrons. The Hall–Kier alpha value is -1.88. The zero-order chi connectivity index (χ0) is 17.8. The van der Waals surface area contributed by atoms with E-state index in [2.05, 4.69) is 4.74 Å². The highest BCUT2D eigenvalue weighted by molar-refractivity contribution is 5.76. The largest absolute Gasteiger partial charge is 0.490 e. The van der Waals surface area contributed by atoms with Crippen molar-refractivity contribution in [3.8, 4) is 0 Å². The molecule has 4 atom stereocenters. The van der Waals surface area contributed by atoms with Gasteiger partial charge in [0.05, 0.1) is 6.61 Å². The van der Waals surface area contributed by atoms with Crippen LogP contribution in [0, 0.1) is 0 Å². The molecule has 0 saturated carbocycles. The van der Waals surface area contributed by atoms with Gasteiger partial charge in [0.1, 0.15) is 0 Å². The van der Waals surface area contributed by atoms with Crippen LogP contribution in [0.1, 0.15) is 13.8 Å². The van der Waals surface area contributed by atoms with Gasteiger partial charge in [0, 0.05) is 21.0 Å². The molecule has 0 bridgehead atoms. The van der Waals surface area contributed by atoms with Crippen LogP contribution in [-0.2, 0) is 38.1 Å². The van der Waals surface area contributed by atoms with Crippen molar-refractivity contribution in [2.24, 2.45) is 0 Å². The number of hydrogen-bond acceptors (Lipinski definition) is 8. The summed E-state index contributed by atoms with van der Waals surface area (Å²) in [5.74, 6) is -4.18. The van der Waals surface area contributed by atoms with Gasteiger partial charge in [-0.1, -0.05) is 0 Å². The van der Waals surface area contributed by atoms with Crippen LogP contribution in [0.4, 0.5) is 13.2 Å². The standard InChI is InChI=1S/C12H15F3O8/c1-5(16)21-7-4-20-10(19-3)9(8(7)22-6(2)17)23-11(18)12(13,14)15/h7-10H,4H2,1-3H3/t7-,8+,9-,10-/m1/s1. The summed E-state index contributed by atoms with van der Waals surface area (Å²) < 4.78 is 60.9. The topological polar surface area (TPSA) is 97.4 Å². The molecule has 1 rings (SSSR count). The maximum atomic E-state index is 12.4. The number of rotatable bonds is 4. The van der Waals surface area contributed by atoms with E-state index < -0.39 is 48.7 Å². The Bertz CT molecular complexity index is 464. The molecule has 132 valence electrons. The van der Waals surface area contributed by atoms with E-state index >= 15 is 0 Å². The van der Waals surface area contributed by atoms with Crippen molar-refractivity contribution < 1.29 is 51.2 Å². The quantitative estimate of drug-likeness (QED) is 0.532. The van der Waals surface area contributed by atoms with Gasteiger partial charge in [-0.3, -0.25) is 9.59 Å². The number of ether oxygens (including phenoxy) is 5. The summed E-state index contributed by atoms with van der Waals surface area (Å²) in [5.41, 5.74) is 0. The van der Waals surface area contributed by atoms with Gasteiger partial charge >= 0.3 is 24.1 Å². The second-order valence-electron chi connectivity index (χ2n) is 4.53. The van der Waals surface area contributed by atoms with Gasteiger partial charge in [-0.25, -0.2) is 4.79 Å². The van der Waals surface area contributed by atoms with Crippen LogP contribution < -0.4 is 0 Å². The number of hydrogen-bond donors (Lipinski definition) is 0. The molecule has 0 unspecified atom stereocenters. The van der Waals surface area contributed by atoms with Crippen molar-refractivity contribution in [3.63, 3.8) is 0 Å². The SMILES string of the molecule is CO[C@@H]1OC[C@@H](OC(C)=O)[C@H](OC(C)=O)[C@H]1OC(=O)C(F)(F)F. The van der Waals surface area contributed by atoms with E-state index in [-0.39, 0.29) is 6.61 Å². The molecule has 0 aromatic rings. The molecule has 11 heteroatoms. The molecule has 0 aromatic carbocycles. The average Bonchev–Trinajstić information content (AvgIpc) is 2.40. The zero-order valence-electron chi connectivity index (χ0n) is 12.4. The fourth-order valence-corrected chi connectivity index (χ4v) is 1.91. The molecule has 0 aliphatic carbocycles. The Morgan fingerprint density at radius 2 is 1.57 bits per heavy atom. The lowest BCUT2D eigenvalue weighted by Gasteiger charge is -2.39. The molecule has 1 aliphatic heterocycles. The summed E-state index contributed by atoms with van der Waals surface area (Å²) in [7, 11) is 1.09. The molecular weight excluding hydrogens is 329 g/mol. The lowest BCUT2D eigenvalue weighted by atomic mass is 10.0. The number of esters is 3. The molecule has 0 amide bonds. The summed E-state index contributed by atoms with van der Waals surface area (Å²) in [6.07, 6.45) is -11.2. The molecule has 1 saturated heterocycles. The Morgan fingerprint density at radius 1 is 1.00 bits per heavy atom. The first-order chi connectivity index (χ1) is 10.6. The molecule has 1 fully saturated rings. The number of carbonyl (C=O) groups is 3. The van der Waals surface area contributed by atoms with Gasteiger partial charge in [-0.15, -0.1) is 0 Å². The van der Waals surface area contributed by atoms with Gasteiger partial charge in [-0.2, -0.15) is 13.2 Å². The first-order valence-corrected chi connectivity index (χ1v) is 6.33. The number of methoxy groups -OCH3 is 1. The van der Waals surface area contributed by atoms with Crippen LogP contribution in [0.5, 0.6) is 0 Å². The molecule has 0 spiro atoms. The minimum atomic E-state index is -5.27. The van der Waals surface area contributed by atoms with E-state index in [0.29, 0.717) is 0 Å². The van der Waals surface area contributed by atoms with E-state index in [1.807, 2.05) is 0 Å². The van der Waals surface area contributed by atoms with Crippen LogP contribution in [0.2, 0.25) is 0 Å². The minimum absolute atomic E-state index is 0.323. The van der Waals surface area contributed by atoms with Crippen LogP contribution >= 0.6 is 0 Å². The predicted octanol–water partition coefficient (Wildman–Crippen LogP) is 0.327. The first kappa shape index (κ1) is 19.2. The maximum Gasteiger partial charge on any atom is 0.490 e. The monoisotopic (exact) mass is 344 g/mol. The molecule has 23 heavy (non-hydrogen) atoms. The van der Waals surface area contributed by atoms with E-state index in [1.165, 1.54) is 0 Å². The second kappa shape index (κ2) is 7.59. The first-order valence-electron chi connectivity index (χ1n) is 6.33. The maximum absolute atomic E-state index is 12.4. The van der Waals surface area contributed by atoms with E-state index in [9.17, 15) is 27.6 Å². The normalized spacial score (nSPS) is 27.9. The van der Waals surface area contributed by atoms with Crippen molar-refractivity contribution in [2.75, 3.05) is 13.7 Å².